The number of hydrogen-bond donors (Lipinski definition) is 1. The smallest absolute Gasteiger partial charge is 0.244 e. The maximum Gasteiger partial charge on any atom is 0.244 e. The third-order valence-electron chi connectivity index (χ3n) is 5.63. The van der Waals surface area contributed by atoms with E-state index in [2.05, 4.69) is 5.32 Å². The van der Waals surface area contributed by atoms with Gasteiger partial charge in [-0.1, -0.05) is 66.2 Å². The summed E-state index contributed by atoms with van der Waals surface area (Å²) in [5.41, 5.74) is 2.71. The molecule has 0 atom stereocenters. The molecule has 1 N–H and O–H groups in total. The molecule has 1 fully saturated rings. The molecule has 34 heavy (non-hydrogen) atoms. The fraction of sp³-hybridized carbons (Fsp3) is 0.200. The van der Waals surface area contributed by atoms with Crippen molar-refractivity contribution in [3.05, 3.63) is 83.9 Å². The van der Waals surface area contributed by atoms with Crippen molar-refractivity contribution in [2.24, 2.45) is 0 Å². The standard InChI is InChI=1S/C25H24ClN3O4S/c26-22-8-4-5-9-23(22)34(32,33)29-16-14-28(15-17-29)25(31)18-24(30)27-21-12-10-20(11-13-21)19-6-2-1-3-7-19/h1-13H,14-18H2,(H,27,30). The van der Waals surface area contributed by atoms with Gasteiger partial charge in [-0.3, -0.25) is 9.59 Å². The Morgan fingerprint density at radius 3 is 2.03 bits per heavy atom. The van der Waals surface area contributed by atoms with E-state index in [0.717, 1.165) is 11.1 Å². The molecule has 7 nitrogen and oxygen atoms in total. The van der Waals surface area contributed by atoms with Gasteiger partial charge in [0, 0.05) is 31.9 Å². The zero-order valence-corrected chi connectivity index (χ0v) is 19.9. The van der Waals surface area contributed by atoms with Crippen LogP contribution < -0.4 is 5.32 Å². The van der Waals surface area contributed by atoms with Gasteiger partial charge in [-0.25, -0.2) is 8.42 Å². The molecule has 9 heteroatoms. The van der Waals surface area contributed by atoms with Crippen molar-refractivity contribution in [1.29, 1.82) is 0 Å². The van der Waals surface area contributed by atoms with E-state index in [0.29, 0.717) is 5.69 Å². The summed E-state index contributed by atoms with van der Waals surface area (Å²) in [6.07, 6.45) is -0.308. The summed E-state index contributed by atoms with van der Waals surface area (Å²) < 4.78 is 27.0. The fourth-order valence-corrected chi connectivity index (χ4v) is 5.72. The molecule has 1 aliphatic rings. The second-order valence-electron chi connectivity index (χ2n) is 7.88. The van der Waals surface area contributed by atoms with Crippen LogP contribution in [0.15, 0.2) is 83.8 Å². The highest BCUT2D eigenvalue weighted by molar-refractivity contribution is 7.89. The van der Waals surface area contributed by atoms with Gasteiger partial charge in [0.05, 0.1) is 5.02 Å². The van der Waals surface area contributed by atoms with Crippen molar-refractivity contribution in [3.63, 3.8) is 0 Å². The Kier molecular flexibility index (Phi) is 7.31. The molecule has 1 aliphatic heterocycles. The third kappa shape index (κ3) is 5.47. The van der Waals surface area contributed by atoms with Gasteiger partial charge < -0.3 is 10.2 Å². The Bertz CT molecular complexity index is 1270. The molecule has 3 aromatic carbocycles. The first kappa shape index (κ1) is 23.9. The van der Waals surface area contributed by atoms with E-state index in [-0.39, 0.29) is 48.4 Å². The number of sulfonamides is 1. The summed E-state index contributed by atoms with van der Waals surface area (Å²) in [4.78, 5) is 26.5. The van der Waals surface area contributed by atoms with E-state index in [1.54, 1.807) is 24.3 Å². The molecule has 0 bridgehead atoms. The number of halogens is 1. The molecule has 0 unspecified atom stereocenters. The topological polar surface area (TPSA) is 86.8 Å². The predicted molar refractivity (Wildman–Crippen MR) is 132 cm³/mol. The van der Waals surface area contributed by atoms with Crippen molar-refractivity contribution >= 4 is 39.1 Å². The summed E-state index contributed by atoms with van der Waals surface area (Å²) in [5.74, 6) is -0.753. The van der Waals surface area contributed by atoms with Crippen LogP contribution in [-0.2, 0) is 19.6 Å². The number of piperazine rings is 1. The minimum absolute atomic E-state index is 0.0501. The second-order valence-corrected chi connectivity index (χ2v) is 10.2. The largest absolute Gasteiger partial charge is 0.340 e. The number of anilines is 1. The first-order valence-electron chi connectivity index (χ1n) is 10.8. The molecule has 2 amide bonds. The quantitative estimate of drug-likeness (QED) is 0.524. The average Bonchev–Trinajstić information content (AvgIpc) is 2.85. The van der Waals surface area contributed by atoms with Crippen LogP contribution in [0.3, 0.4) is 0 Å². The molecule has 0 aliphatic carbocycles. The number of carbonyl (C=O) groups is 2. The minimum atomic E-state index is -3.75. The van der Waals surface area contributed by atoms with Crippen molar-refractivity contribution < 1.29 is 18.0 Å². The highest BCUT2D eigenvalue weighted by Crippen LogP contribution is 2.25. The average molecular weight is 498 g/mol. The lowest BCUT2D eigenvalue weighted by molar-refractivity contribution is -0.135. The van der Waals surface area contributed by atoms with Crippen molar-refractivity contribution in [2.45, 2.75) is 11.3 Å². The van der Waals surface area contributed by atoms with Crippen molar-refractivity contribution in [2.75, 3.05) is 31.5 Å². The fourth-order valence-electron chi connectivity index (χ4n) is 3.80. The molecule has 0 radical (unpaired) electrons. The Morgan fingerprint density at radius 1 is 0.794 bits per heavy atom. The number of hydrogen-bond acceptors (Lipinski definition) is 4. The van der Waals surface area contributed by atoms with E-state index < -0.39 is 15.9 Å². The van der Waals surface area contributed by atoms with Gasteiger partial charge in [0.25, 0.3) is 0 Å². The normalized spacial score (nSPS) is 14.6. The van der Waals surface area contributed by atoms with Crippen LogP contribution in [0.4, 0.5) is 5.69 Å². The SMILES string of the molecule is O=C(CC(=O)N1CCN(S(=O)(=O)c2ccccc2Cl)CC1)Nc1ccc(-c2ccccc2)cc1. The van der Waals surface area contributed by atoms with Crippen LogP contribution in [0.25, 0.3) is 11.1 Å². The molecule has 0 spiro atoms. The van der Waals surface area contributed by atoms with Crippen LogP contribution in [0.1, 0.15) is 6.42 Å². The number of amides is 2. The lowest BCUT2D eigenvalue weighted by Crippen LogP contribution is -2.51. The molecular weight excluding hydrogens is 474 g/mol. The van der Waals surface area contributed by atoms with Crippen LogP contribution in [0.5, 0.6) is 0 Å². The highest BCUT2D eigenvalue weighted by atomic mass is 35.5. The molecule has 1 heterocycles. The summed E-state index contributed by atoms with van der Waals surface area (Å²) in [6.45, 7) is 0.701. The van der Waals surface area contributed by atoms with Crippen LogP contribution in [-0.4, -0.2) is 55.6 Å². The first-order valence-corrected chi connectivity index (χ1v) is 12.6. The second kappa shape index (κ2) is 10.4. The van der Waals surface area contributed by atoms with E-state index in [9.17, 15) is 18.0 Å². The maximum atomic E-state index is 12.9. The summed E-state index contributed by atoms with van der Waals surface area (Å²) in [7, 11) is -3.75. The third-order valence-corrected chi connectivity index (χ3v) is 8.03. The number of benzene rings is 3. The van der Waals surface area contributed by atoms with Gasteiger partial charge in [-0.2, -0.15) is 4.31 Å². The molecular formula is C25H24ClN3O4S. The molecule has 0 saturated carbocycles. The number of rotatable bonds is 6. The van der Waals surface area contributed by atoms with Gasteiger partial charge in [0.1, 0.15) is 11.3 Å². The monoisotopic (exact) mass is 497 g/mol. The van der Waals surface area contributed by atoms with E-state index in [1.165, 1.54) is 21.3 Å². The van der Waals surface area contributed by atoms with Crippen molar-refractivity contribution in [1.82, 2.24) is 9.21 Å². The molecule has 1 saturated heterocycles. The summed E-state index contributed by atoms with van der Waals surface area (Å²) in [6, 6.07) is 23.6. The molecule has 4 rings (SSSR count). The molecule has 176 valence electrons. The summed E-state index contributed by atoms with van der Waals surface area (Å²) in [5, 5.41) is 2.91. The Balaban J connectivity index is 1.29. The Hall–Kier alpha value is -3.20. The Labute approximate surface area is 204 Å². The first-order chi connectivity index (χ1) is 16.3. The maximum absolute atomic E-state index is 12.9. The molecule has 0 aromatic heterocycles. The van der Waals surface area contributed by atoms with Gasteiger partial charge in [0.2, 0.25) is 21.8 Å². The van der Waals surface area contributed by atoms with E-state index in [1.807, 2.05) is 42.5 Å². The summed E-state index contributed by atoms with van der Waals surface area (Å²) >= 11 is 6.06. The number of nitrogens with zero attached hydrogens (tertiary/aromatic N) is 2. The van der Waals surface area contributed by atoms with E-state index in [4.69, 9.17) is 11.6 Å². The minimum Gasteiger partial charge on any atom is -0.340 e. The van der Waals surface area contributed by atoms with Gasteiger partial charge in [0.15, 0.2) is 0 Å². The van der Waals surface area contributed by atoms with E-state index >= 15 is 0 Å². The highest BCUT2D eigenvalue weighted by Gasteiger charge is 2.31. The van der Waals surface area contributed by atoms with Crippen LogP contribution in [0.2, 0.25) is 5.02 Å². The van der Waals surface area contributed by atoms with Crippen molar-refractivity contribution in [3.8, 4) is 11.1 Å². The zero-order valence-electron chi connectivity index (χ0n) is 18.4. The number of carbonyl (C=O) groups excluding carboxylic acids is 2. The Morgan fingerprint density at radius 2 is 1.38 bits per heavy atom. The van der Waals surface area contributed by atoms with Crippen LogP contribution >= 0.6 is 11.6 Å². The predicted octanol–water partition coefficient (Wildman–Crippen LogP) is 3.87. The van der Waals surface area contributed by atoms with Gasteiger partial charge in [-0.15, -0.1) is 0 Å². The van der Waals surface area contributed by atoms with Gasteiger partial charge in [-0.05, 0) is 35.4 Å². The lowest BCUT2D eigenvalue weighted by atomic mass is 10.1. The van der Waals surface area contributed by atoms with Gasteiger partial charge >= 0.3 is 0 Å². The molecule has 3 aromatic rings. The zero-order chi connectivity index (χ0) is 24.1. The number of nitrogens with one attached hydrogen (secondary N) is 1. The van der Waals surface area contributed by atoms with Crippen LogP contribution in [0, 0.1) is 0 Å². The lowest BCUT2D eigenvalue weighted by Gasteiger charge is -2.34.